The Balaban J connectivity index is 2.01. The molecule has 0 bridgehead atoms. The number of methoxy groups -OCH3 is 1. The standard InChI is InChI=1S/C22H23FN2O5/c1-4-29-21(26)18-13(2)24-22(27)25-19(18)16-6-5-7-17(28-3)20(16)30-12-14-8-10-15(23)11-9-14/h5-11,19H,4,12H2,1-3H3,(H2,24,25,27). The van der Waals surface area contributed by atoms with Crippen molar-refractivity contribution in [2.45, 2.75) is 26.5 Å². The summed E-state index contributed by atoms with van der Waals surface area (Å²) in [5.74, 6) is -0.0805. The SMILES string of the molecule is CCOC(=O)C1=C(C)NC(=O)NC1c1cccc(OC)c1OCc1ccc(F)cc1. The molecular weight excluding hydrogens is 391 g/mol. The lowest BCUT2D eigenvalue weighted by Crippen LogP contribution is -2.45. The average Bonchev–Trinajstić information content (AvgIpc) is 2.72. The number of esters is 1. The smallest absolute Gasteiger partial charge is 0.338 e. The second kappa shape index (κ2) is 9.30. The number of rotatable bonds is 7. The van der Waals surface area contributed by atoms with Crippen molar-refractivity contribution < 1.29 is 28.2 Å². The lowest BCUT2D eigenvalue weighted by molar-refractivity contribution is -0.139. The van der Waals surface area contributed by atoms with Crippen LogP contribution in [0.3, 0.4) is 0 Å². The summed E-state index contributed by atoms with van der Waals surface area (Å²) in [6.45, 7) is 3.68. The van der Waals surface area contributed by atoms with Crippen LogP contribution in [-0.4, -0.2) is 25.7 Å². The molecule has 2 aromatic carbocycles. The van der Waals surface area contributed by atoms with E-state index in [1.165, 1.54) is 19.2 Å². The predicted octanol–water partition coefficient (Wildman–Crippen LogP) is 3.60. The van der Waals surface area contributed by atoms with E-state index in [0.717, 1.165) is 5.56 Å². The average molecular weight is 414 g/mol. The summed E-state index contributed by atoms with van der Waals surface area (Å²) in [5.41, 5.74) is 1.96. The Bertz CT molecular complexity index is 972. The molecule has 8 heteroatoms. The monoisotopic (exact) mass is 414 g/mol. The Hall–Kier alpha value is -3.55. The first-order chi connectivity index (χ1) is 14.4. The van der Waals surface area contributed by atoms with Crippen LogP contribution >= 0.6 is 0 Å². The van der Waals surface area contributed by atoms with E-state index < -0.39 is 18.0 Å². The molecule has 0 aromatic heterocycles. The Kier molecular flexibility index (Phi) is 6.56. The lowest BCUT2D eigenvalue weighted by Gasteiger charge is -2.29. The fraction of sp³-hybridized carbons (Fsp3) is 0.273. The van der Waals surface area contributed by atoms with Gasteiger partial charge in [0.15, 0.2) is 11.5 Å². The fourth-order valence-electron chi connectivity index (χ4n) is 3.22. The molecule has 2 amide bonds. The number of urea groups is 1. The summed E-state index contributed by atoms with van der Waals surface area (Å²) in [5, 5.41) is 5.36. The zero-order chi connectivity index (χ0) is 21.7. The zero-order valence-electron chi connectivity index (χ0n) is 17.0. The van der Waals surface area contributed by atoms with Gasteiger partial charge in [-0.25, -0.2) is 14.0 Å². The van der Waals surface area contributed by atoms with E-state index in [9.17, 15) is 14.0 Å². The van der Waals surface area contributed by atoms with Crippen LogP contribution in [-0.2, 0) is 16.1 Å². The molecule has 0 saturated carbocycles. The van der Waals surface area contributed by atoms with Crippen molar-refractivity contribution in [2.75, 3.05) is 13.7 Å². The molecule has 2 N–H and O–H groups in total. The Labute approximate surface area is 173 Å². The van der Waals surface area contributed by atoms with Crippen LogP contribution in [0.2, 0.25) is 0 Å². The van der Waals surface area contributed by atoms with Crippen molar-refractivity contribution in [3.63, 3.8) is 0 Å². The molecule has 1 heterocycles. The van der Waals surface area contributed by atoms with E-state index in [1.807, 2.05) is 0 Å². The molecule has 0 aliphatic carbocycles. The number of amides is 2. The number of hydrogen-bond donors (Lipinski definition) is 2. The number of benzene rings is 2. The van der Waals surface area contributed by atoms with Crippen LogP contribution in [0.25, 0.3) is 0 Å². The normalized spacial score (nSPS) is 15.9. The number of nitrogens with one attached hydrogen (secondary N) is 2. The van der Waals surface area contributed by atoms with Crippen LogP contribution < -0.4 is 20.1 Å². The van der Waals surface area contributed by atoms with Gasteiger partial charge in [-0.05, 0) is 37.6 Å². The number of carbonyl (C=O) groups excluding carboxylic acids is 2. The minimum Gasteiger partial charge on any atom is -0.493 e. The van der Waals surface area contributed by atoms with Gasteiger partial charge in [-0.1, -0.05) is 24.3 Å². The molecule has 0 spiro atoms. The zero-order valence-corrected chi connectivity index (χ0v) is 17.0. The van der Waals surface area contributed by atoms with E-state index in [1.54, 1.807) is 44.2 Å². The van der Waals surface area contributed by atoms with Gasteiger partial charge in [0.25, 0.3) is 0 Å². The first-order valence-electron chi connectivity index (χ1n) is 9.44. The second-order valence-electron chi connectivity index (χ2n) is 6.58. The van der Waals surface area contributed by atoms with E-state index >= 15 is 0 Å². The largest absolute Gasteiger partial charge is 0.493 e. The van der Waals surface area contributed by atoms with Gasteiger partial charge < -0.3 is 24.8 Å². The van der Waals surface area contributed by atoms with Gasteiger partial charge in [-0.3, -0.25) is 0 Å². The van der Waals surface area contributed by atoms with Crippen molar-refractivity contribution in [1.82, 2.24) is 10.6 Å². The van der Waals surface area contributed by atoms with Gasteiger partial charge in [0.2, 0.25) is 0 Å². The summed E-state index contributed by atoms with van der Waals surface area (Å²) < 4.78 is 29.8. The van der Waals surface area contributed by atoms with E-state index in [-0.39, 0.29) is 24.6 Å². The lowest BCUT2D eigenvalue weighted by atomic mass is 9.94. The van der Waals surface area contributed by atoms with E-state index in [0.29, 0.717) is 22.8 Å². The summed E-state index contributed by atoms with van der Waals surface area (Å²) in [7, 11) is 1.50. The Morgan fingerprint density at radius 1 is 1.17 bits per heavy atom. The number of para-hydroxylation sites is 1. The van der Waals surface area contributed by atoms with Gasteiger partial charge in [-0.2, -0.15) is 0 Å². The van der Waals surface area contributed by atoms with Gasteiger partial charge >= 0.3 is 12.0 Å². The highest BCUT2D eigenvalue weighted by atomic mass is 19.1. The minimum absolute atomic E-state index is 0.143. The maximum Gasteiger partial charge on any atom is 0.338 e. The summed E-state index contributed by atoms with van der Waals surface area (Å²) in [6.07, 6.45) is 0. The molecule has 1 atom stereocenters. The molecule has 1 unspecified atom stereocenters. The molecular formula is C22H23FN2O5. The molecule has 2 aromatic rings. The Morgan fingerprint density at radius 3 is 2.57 bits per heavy atom. The van der Waals surface area contributed by atoms with Crippen molar-refractivity contribution in [1.29, 1.82) is 0 Å². The molecule has 30 heavy (non-hydrogen) atoms. The van der Waals surface area contributed by atoms with E-state index in [4.69, 9.17) is 14.2 Å². The summed E-state index contributed by atoms with van der Waals surface area (Å²) in [4.78, 5) is 24.7. The number of allylic oxidation sites excluding steroid dienone is 1. The van der Waals surface area contributed by atoms with Crippen molar-refractivity contribution in [2.24, 2.45) is 0 Å². The predicted molar refractivity (Wildman–Crippen MR) is 107 cm³/mol. The second-order valence-corrected chi connectivity index (χ2v) is 6.58. The summed E-state index contributed by atoms with van der Waals surface area (Å²) >= 11 is 0. The van der Waals surface area contributed by atoms with Crippen molar-refractivity contribution >= 4 is 12.0 Å². The maximum atomic E-state index is 13.2. The number of hydrogen-bond acceptors (Lipinski definition) is 5. The van der Waals surface area contributed by atoms with Gasteiger partial charge in [-0.15, -0.1) is 0 Å². The minimum atomic E-state index is -0.795. The van der Waals surface area contributed by atoms with Crippen LogP contribution in [0.5, 0.6) is 11.5 Å². The number of carbonyl (C=O) groups is 2. The van der Waals surface area contributed by atoms with Crippen LogP contribution in [0.15, 0.2) is 53.7 Å². The first-order valence-corrected chi connectivity index (χ1v) is 9.44. The van der Waals surface area contributed by atoms with Crippen LogP contribution in [0.1, 0.15) is 31.0 Å². The van der Waals surface area contributed by atoms with Gasteiger partial charge in [0, 0.05) is 11.3 Å². The van der Waals surface area contributed by atoms with Crippen LogP contribution in [0, 0.1) is 5.82 Å². The molecule has 0 fully saturated rings. The van der Waals surface area contributed by atoms with Crippen molar-refractivity contribution in [3.8, 4) is 11.5 Å². The molecule has 3 rings (SSSR count). The number of halogens is 1. The first kappa shape index (κ1) is 21.2. The van der Waals surface area contributed by atoms with E-state index in [2.05, 4.69) is 10.6 Å². The highest BCUT2D eigenvalue weighted by molar-refractivity contribution is 5.95. The van der Waals surface area contributed by atoms with Crippen molar-refractivity contribution in [3.05, 3.63) is 70.7 Å². The van der Waals surface area contributed by atoms with Gasteiger partial charge in [0.1, 0.15) is 12.4 Å². The third-order valence-corrected chi connectivity index (χ3v) is 4.60. The fourth-order valence-corrected chi connectivity index (χ4v) is 3.22. The molecule has 0 saturated heterocycles. The molecule has 0 radical (unpaired) electrons. The Morgan fingerprint density at radius 2 is 1.90 bits per heavy atom. The maximum absolute atomic E-state index is 13.2. The highest BCUT2D eigenvalue weighted by Gasteiger charge is 2.34. The molecule has 7 nitrogen and oxygen atoms in total. The molecule has 1 aliphatic heterocycles. The quantitative estimate of drug-likeness (QED) is 0.676. The molecule has 158 valence electrons. The molecule has 1 aliphatic rings. The van der Waals surface area contributed by atoms with Crippen LogP contribution in [0.4, 0.5) is 9.18 Å². The third kappa shape index (κ3) is 4.53. The number of ether oxygens (including phenoxy) is 3. The third-order valence-electron chi connectivity index (χ3n) is 4.60. The summed E-state index contributed by atoms with van der Waals surface area (Å²) in [6, 6.07) is 9.88. The topological polar surface area (TPSA) is 85.9 Å². The highest BCUT2D eigenvalue weighted by Crippen LogP contribution is 2.39. The van der Waals surface area contributed by atoms with Gasteiger partial charge in [0.05, 0.1) is 25.3 Å².